The van der Waals surface area contributed by atoms with Gasteiger partial charge >= 0.3 is 0 Å². The highest BCUT2D eigenvalue weighted by molar-refractivity contribution is 6.02. The summed E-state index contributed by atoms with van der Waals surface area (Å²) < 4.78 is 0. The third-order valence-electron chi connectivity index (χ3n) is 3.59. The van der Waals surface area contributed by atoms with E-state index in [1.807, 2.05) is 51.1 Å². The lowest BCUT2D eigenvalue weighted by atomic mass is 9.90. The molecule has 0 bridgehead atoms. The predicted molar refractivity (Wildman–Crippen MR) is 79.8 cm³/mol. The fourth-order valence-corrected chi connectivity index (χ4v) is 2.11. The highest BCUT2D eigenvalue weighted by Gasteiger charge is 2.21. The van der Waals surface area contributed by atoms with Gasteiger partial charge in [-0.2, -0.15) is 5.26 Å². The topological polar surface area (TPSA) is 40.9 Å². The van der Waals surface area contributed by atoms with E-state index in [1.165, 1.54) is 0 Å². The number of carbonyl (C=O) groups excluding carboxylic acids is 1. The molecule has 0 aliphatic rings. The van der Waals surface area contributed by atoms with E-state index >= 15 is 0 Å². The monoisotopic (exact) mass is 263 g/mol. The van der Waals surface area contributed by atoms with Crippen LogP contribution in [0.3, 0.4) is 0 Å². The quantitative estimate of drug-likeness (QED) is 0.782. The van der Waals surface area contributed by atoms with Crippen LogP contribution in [-0.4, -0.2) is 5.78 Å². The van der Waals surface area contributed by atoms with Crippen LogP contribution >= 0.6 is 0 Å². The summed E-state index contributed by atoms with van der Waals surface area (Å²) in [5.41, 5.74) is 4.70. The summed E-state index contributed by atoms with van der Waals surface area (Å²) in [6.07, 6.45) is 0. The first kappa shape index (κ1) is 14.0. The highest BCUT2D eigenvalue weighted by Crippen LogP contribution is 2.23. The SMILES string of the molecule is Cc1ccc(C(=O)C(C#N)c2ccc(C)c(C)c2)cc1. The smallest absolute Gasteiger partial charge is 0.184 e. The van der Waals surface area contributed by atoms with Gasteiger partial charge in [0.15, 0.2) is 5.78 Å². The molecule has 0 N–H and O–H groups in total. The lowest BCUT2D eigenvalue weighted by Gasteiger charge is -2.11. The number of ketones is 1. The molecule has 0 amide bonds. The number of nitriles is 1. The van der Waals surface area contributed by atoms with Crippen molar-refractivity contribution in [1.29, 1.82) is 5.26 Å². The maximum Gasteiger partial charge on any atom is 0.184 e. The maximum absolute atomic E-state index is 12.5. The van der Waals surface area contributed by atoms with E-state index in [2.05, 4.69) is 6.07 Å². The van der Waals surface area contributed by atoms with E-state index in [4.69, 9.17) is 0 Å². The van der Waals surface area contributed by atoms with Crippen LogP contribution in [0.1, 0.15) is 38.5 Å². The standard InChI is InChI=1S/C18H17NO/c1-12-4-7-15(8-5-12)18(20)17(11-19)16-9-6-13(2)14(3)10-16/h4-10,17H,1-3H3. The molecule has 0 heterocycles. The molecule has 0 saturated carbocycles. The zero-order valence-corrected chi connectivity index (χ0v) is 12.0. The lowest BCUT2D eigenvalue weighted by molar-refractivity contribution is 0.0979. The number of aryl methyl sites for hydroxylation is 3. The fraction of sp³-hybridized carbons (Fsp3) is 0.222. The largest absolute Gasteiger partial charge is 0.292 e. The zero-order chi connectivity index (χ0) is 14.7. The average molecular weight is 263 g/mol. The molecule has 100 valence electrons. The predicted octanol–water partition coefficient (Wildman–Crippen LogP) is 4.10. The lowest BCUT2D eigenvalue weighted by Crippen LogP contribution is -2.11. The van der Waals surface area contributed by atoms with Gasteiger partial charge in [-0.25, -0.2) is 0 Å². The van der Waals surface area contributed by atoms with Gasteiger partial charge < -0.3 is 0 Å². The number of Topliss-reactive ketones (excluding diaryl/α,β-unsaturated/α-hetero) is 1. The average Bonchev–Trinajstić information content (AvgIpc) is 2.44. The Kier molecular flexibility index (Phi) is 4.00. The van der Waals surface area contributed by atoms with Gasteiger partial charge in [0.25, 0.3) is 0 Å². The summed E-state index contributed by atoms with van der Waals surface area (Å²) in [5.74, 6) is -0.882. The van der Waals surface area contributed by atoms with E-state index in [1.54, 1.807) is 12.1 Å². The van der Waals surface area contributed by atoms with E-state index < -0.39 is 5.92 Å². The number of benzene rings is 2. The molecular formula is C18H17NO. The van der Waals surface area contributed by atoms with Gasteiger partial charge in [-0.05, 0) is 37.5 Å². The Morgan fingerprint density at radius 2 is 1.65 bits per heavy atom. The number of hydrogen-bond acceptors (Lipinski definition) is 2. The Hall–Kier alpha value is -2.40. The van der Waals surface area contributed by atoms with Crippen molar-refractivity contribution in [2.45, 2.75) is 26.7 Å². The van der Waals surface area contributed by atoms with Crippen molar-refractivity contribution in [3.63, 3.8) is 0 Å². The summed E-state index contributed by atoms with van der Waals surface area (Å²) in [4.78, 5) is 12.5. The molecule has 0 aromatic heterocycles. The van der Waals surface area contributed by atoms with Gasteiger partial charge in [0.1, 0.15) is 5.92 Å². The fourth-order valence-electron chi connectivity index (χ4n) is 2.11. The van der Waals surface area contributed by atoms with Crippen LogP contribution in [0.15, 0.2) is 42.5 Å². The molecule has 2 heteroatoms. The molecule has 2 nitrogen and oxygen atoms in total. The van der Waals surface area contributed by atoms with Crippen LogP contribution < -0.4 is 0 Å². The van der Waals surface area contributed by atoms with Crippen LogP contribution in [-0.2, 0) is 0 Å². The molecule has 1 unspecified atom stereocenters. The van der Waals surface area contributed by atoms with E-state index in [-0.39, 0.29) is 5.78 Å². The van der Waals surface area contributed by atoms with Gasteiger partial charge in [-0.3, -0.25) is 4.79 Å². The van der Waals surface area contributed by atoms with Crippen LogP contribution in [0.25, 0.3) is 0 Å². The second kappa shape index (κ2) is 5.71. The minimum atomic E-state index is -0.739. The molecule has 0 spiro atoms. The summed E-state index contributed by atoms with van der Waals surface area (Å²) in [5, 5.41) is 9.36. The maximum atomic E-state index is 12.5. The van der Waals surface area contributed by atoms with Crippen molar-refractivity contribution >= 4 is 5.78 Å². The highest BCUT2D eigenvalue weighted by atomic mass is 16.1. The Labute approximate surface area is 119 Å². The summed E-state index contributed by atoms with van der Waals surface area (Å²) in [7, 11) is 0. The van der Waals surface area contributed by atoms with Crippen molar-refractivity contribution in [2.75, 3.05) is 0 Å². The Morgan fingerprint density at radius 1 is 1.00 bits per heavy atom. The molecule has 0 aliphatic heterocycles. The van der Waals surface area contributed by atoms with Crippen LogP contribution in [0.5, 0.6) is 0 Å². The van der Waals surface area contributed by atoms with Crippen molar-refractivity contribution in [3.05, 3.63) is 70.3 Å². The second-order valence-corrected chi connectivity index (χ2v) is 5.14. The number of rotatable bonds is 3. The van der Waals surface area contributed by atoms with E-state index in [9.17, 15) is 10.1 Å². The molecule has 2 aromatic carbocycles. The molecule has 2 aromatic rings. The van der Waals surface area contributed by atoms with Crippen LogP contribution in [0, 0.1) is 32.1 Å². The van der Waals surface area contributed by atoms with Crippen LogP contribution in [0.4, 0.5) is 0 Å². The number of hydrogen-bond donors (Lipinski definition) is 0. The third-order valence-corrected chi connectivity index (χ3v) is 3.59. The van der Waals surface area contributed by atoms with Gasteiger partial charge in [0.05, 0.1) is 6.07 Å². The van der Waals surface area contributed by atoms with Crippen LogP contribution in [0.2, 0.25) is 0 Å². The Bertz CT molecular complexity index is 678. The summed E-state index contributed by atoms with van der Waals surface area (Å²) >= 11 is 0. The second-order valence-electron chi connectivity index (χ2n) is 5.14. The van der Waals surface area contributed by atoms with E-state index in [0.29, 0.717) is 5.56 Å². The van der Waals surface area contributed by atoms with Gasteiger partial charge in [0.2, 0.25) is 0 Å². The van der Waals surface area contributed by atoms with Crippen molar-refractivity contribution < 1.29 is 4.79 Å². The van der Waals surface area contributed by atoms with Crippen molar-refractivity contribution in [3.8, 4) is 6.07 Å². The number of carbonyl (C=O) groups is 1. The zero-order valence-electron chi connectivity index (χ0n) is 12.0. The summed E-state index contributed by atoms with van der Waals surface area (Å²) in [6, 6.07) is 15.2. The minimum Gasteiger partial charge on any atom is -0.292 e. The van der Waals surface area contributed by atoms with Gasteiger partial charge in [-0.15, -0.1) is 0 Å². The first-order valence-corrected chi connectivity index (χ1v) is 6.60. The molecule has 20 heavy (non-hydrogen) atoms. The molecule has 0 aliphatic carbocycles. The molecule has 2 rings (SSSR count). The number of nitrogens with zero attached hydrogens (tertiary/aromatic N) is 1. The first-order chi connectivity index (χ1) is 9.52. The molecule has 0 fully saturated rings. The molecular weight excluding hydrogens is 246 g/mol. The minimum absolute atomic E-state index is 0.143. The Morgan fingerprint density at radius 3 is 2.20 bits per heavy atom. The van der Waals surface area contributed by atoms with Gasteiger partial charge in [-0.1, -0.05) is 48.0 Å². The molecule has 0 radical (unpaired) electrons. The van der Waals surface area contributed by atoms with Crippen molar-refractivity contribution in [2.24, 2.45) is 0 Å². The molecule has 0 saturated heterocycles. The molecule has 1 atom stereocenters. The Balaban J connectivity index is 2.37. The third kappa shape index (κ3) is 2.78. The van der Waals surface area contributed by atoms with Gasteiger partial charge in [0, 0.05) is 5.56 Å². The first-order valence-electron chi connectivity index (χ1n) is 6.60. The van der Waals surface area contributed by atoms with Crippen molar-refractivity contribution in [1.82, 2.24) is 0 Å². The normalized spacial score (nSPS) is 11.7. The summed E-state index contributed by atoms with van der Waals surface area (Å²) in [6.45, 7) is 5.98. The van der Waals surface area contributed by atoms with E-state index in [0.717, 1.165) is 22.3 Å².